The van der Waals surface area contributed by atoms with Gasteiger partial charge in [-0.1, -0.05) is 6.07 Å². The topological polar surface area (TPSA) is 65.4 Å². The van der Waals surface area contributed by atoms with E-state index in [1.54, 1.807) is 57.8 Å². The van der Waals surface area contributed by atoms with Gasteiger partial charge < -0.3 is 19.4 Å². The van der Waals surface area contributed by atoms with E-state index in [-0.39, 0.29) is 5.56 Å². The van der Waals surface area contributed by atoms with Gasteiger partial charge in [0.05, 0.1) is 14.2 Å². The monoisotopic (exact) mass is 383 g/mol. The van der Waals surface area contributed by atoms with E-state index in [0.717, 1.165) is 5.56 Å². The first-order valence-electron chi connectivity index (χ1n) is 8.70. The molecule has 28 heavy (non-hydrogen) atoms. The Bertz CT molecular complexity index is 978. The van der Waals surface area contributed by atoms with Gasteiger partial charge in [0.1, 0.15) is 29.2 Å². The summed E-state index contributed by atoms with van der Waals surface area (Å²) >= 11 is 0. The predicted molar refractivity (Wildman–Crippen MR) is 103 cm³/mol. The standard InChI is InChI=1S/C21H22FN3O3/c1-13-5-6-15(22)11-18(13)21(26)24-19(20-23-7-8-25(20)2)14-9-16(27-3)12-17(10-14)28-4/h5-12,19H,1-4H3,(H,24,26). The number of ether oxygens (including phenoxy) is 2. The molecule has 0 aliphatic carbocycles. The Morgan fingerprint density at radius 3 is 2.39 bits per heavy atom. The molecule has 0 fully saturated rings. The molecule has 0 saturated heterocycles. The molecule has 0 aliphatic heterocycles. The fraction of sp³-hybridized carbons (Fsp3) is 0.238. The molecule has 1 aromatic heterocycles. The Kier molecular flexibility index (Phi) is 5.63. The van der Waals surface area contributed by atoms with Gasteiger partial charge in [-0.2, -0.15) is 0 Å². The molecule has 1 N–H and O–H groups in total. The van der Waals surface area contributed by atoms with Gasteiger partial charge in [-0.3, -0.25) is 4.79 Å². The highest BCUT2D eigenvalue weighted by Gasteiger charge is 2.24. The van der Waals surface area contributed by atoms with E-state index < -0.39 is 17.8 Å². The van der Waals surface area contributed by atoms with Crippen LogP contribution in [0.4, 0.5) is 4.39 Å². The van der Waals surface area contributed by atoms with Crippen LogP contribution in [-0.4, -0.2) is 29.7 Å². The Balaban J connectivity index is 2.05. The molecule has 1 unspecified atom stereocenters. The van der Waals surface area contributed by atoms with Crippen molar-refractivity contribution >= 4 is 5.91 Å². The second-order valence-electron chi connectivity index (χ2n) is 6.41. The lowest BCUT2D eigenvalue weighted by molar-refractivity contribution is 0.0940. The van der Waals surface area contributed by atoms with Crippen LogP contribution in [0.15, 0.2) is 48.8 Å². The Hall–Kier alpha value is -3.35. The summed E-state index contributed by atoms with van der Waals surface area (Å²) in [5.74, 6) is 0.936. The zero-order chi connectivity index (χ0) is 20.3. The number of halogens is 1. The maximum atomic E-state index is 13.7. The van der Waals surface area contributed by atoms with Crippen LogP contribution in [0.3, 0.4) is 0 Å². The van der Waals surface area contributed by atoms with Crippen LogP contribution in [0, 0.1) is 12.7 Å². The number of hydrogen-bond acceptors (Lipinski definition) is 4. The molecule has 1 atom stereocenters. The lowest BCUT2D eigenvalue weighted by atomic mass is 10.0. The molecule has 2 aromatic carbocycles. The molecule has 1 amide bonds. The van der Waals surface area contributed by atoms with Crippen LogP contribution in [0.2, 0.25) is 0 Å². The molecule has 0 aliphatic rings. The third-order valence-electron chi connectivity index (χ3n) is 4.54. The lowest BCUT2D eigenvalue weighted by Gasteiger charge is -2.21. The highest BCUT2D eigenvalue weighted by Crippen LogP contribution is 2.30. The zero-order valence-corrected chi connectivity index (χ0v) is 16.2. The van der Waals surface area contributed by atoms with Crippen molar-refractivity contribution in [3.05, 3.63) is 77.1 Å². The van der Waals surface area contributed by atoms with Crippen LogP contribution >= 0.6 is 0 Å². The van der Waals surface area contributed by atoms with Gasteiger partial charge in [0.25, 0.3) is 5.91 Å². The van der Waals surface area contributed by atoms with Gasteiger partial charge in [-0.25, -0.2) is 9.37 Å². The SMILES string of the molecule is COc1cc(OC)cc(C(NC(=O)c2cc(F)ccc2C)c2nccn2C)c1. The second kappa shape index (κ2) is 8.12. The number of carbonyl (C=O) groups excluding carboxylic acids is 1. The molecule has 0 saturated carbocycles. The molecule has 146 valence electrons. The fourth-order valence-corrected chi connectivity index (χ4v) is 3.00. The largest absolute Gasteiger partial charge is 0.497 e. The van der Waals surface area contributed by atoms with Gasteiger partial charge in [0.15, 0.2) is 0 Å². The number of nitrogens with one attached hydrogen (secondary N) is 1. The molecule has 3 rings (SSSR count). The molecule has 6 nitrogen and oxygen atoms in total. The van der Waals surface area contributed by atoms with Crippen LogP contribution in [0.5, 0.6) is 11.5 Å². The average molecular weight is 383 g/mol. The van der Waals surface area contributed by atoms with E-state index >= 15 is 0 Å². The van der Waals surface area contributed by atoms with Gasteiger partial charge in [-0.15, -0.1) is 0 Å². The van der Waals surface area contributed by atoms with E-state index in [1.165, 1.54) is 12.1 Å². The number of nitrogens with zero attached hydrogens (tertiary/aromatic N) is 2. The van der Waals surface area contributed by atoms with E-state index in [1.807, 2.05) is 11.6 Å². The summed E-state index contributed by atoms with van der Waals surface area (Å²) in [6, 6.07) is 8.91. The highest BCUT2D eigenvalue weighted by molar-refractivity contribution is 5.96. The van der Waals surface area contributed by atoms with E-state index in [2.05, 4.69) is 10.3 Å². The van der Waals surface area contributed by atoms with Crippen molar-refractivity contribution < 1.29 is 18.7 Å². The summed E-state index contributed by atoms with van der Waals surface area (Å²) in [4.78, 5) is 17.3. The average Bonchev–Trinajstić information content (AvgIpc) is 3.12. The predicted octanol–water partition coefficient (Wildman–Crippen LogP) is 3.40. The smallest absolute Gasteiger partial charge is 0.252 e. The molecule has 0 bridgehead atoms. The third-order valence-corrected chi connectivity index (χ3v) is 4.54. The number of aromatic nitrogens is 2. The van der Waals surface area contributed by atoms with Crippen LogP contribution < -0.4 is 14.8 Å². The first-order chi connectivity index (χ1) is 13.4. The normalized spacial score (nSPS) is 11.8. The number of aryl methyl sites for hydroxylation is 2. The van der Waals surface area contributed by atoms with Crippen molar-refractivity contribution in [2.75, 3.05) is 14.2 Å². The van der Waals surface area contributed by atoms with Gasteiger partial charge >= 0.3 is 0 Å². The number of amides is 1. The Morgan fingerprint density at radius 2 is 1.82 bits per heavy atom. The molecular weight excluding hydrogens is 361 g/mol. The number of carbonyl (C=O) groups is 1. The summed E-state index contributed by atoms with van der Waals surface area (Å²) in [7, 11) is 4.96. The van der Waals surface area contributed by atoms with Crippen LogP contribution in [0.1, 0.15) is 33.4 Å². The van der Waals surface area contributed by atoms with Crippen molar-refractivity contribution in [2.45, 2.75) is 13.0 Å². The van der Waals surface area contributed by atoms with Gasteiger partial charge in [0.2, 0.25) is 0 Å². The molecule has 0 spiro atoms. The number of methoxy groups -OCH3 is 2. The van der Waals surface area contributed by atoms with Gasteiger partial charge in [0, 0.05) is 31.1 Å². The van der Waals surface area contributed by atoms with Crippen molar-refractivity contribution in [2.24, 2.45) is 7.05 Å². The summed E-state index contributed by atoms with van der Waals surface area (Å²) < 4.78 is 26.2. The molecule has 3 aromatic rings. The van der Waals surface area contributed by atoms with Crippen molar-refractivity contribution in [1.29, 1.82) is 0 Å². The summed E-state index contributed by atoms with van der Waals surface area (Å²) in [6.07, 6.45) is 3.44. The van der Waals surface area contributed by atoms with Crippen LogP contribution in [0.25, 0.3) is 0 Å². The lowest BCUT2D eigenvalue weighted by Crippen LogP contribution is -2.31. The number of benzene rings is 2. The number of imidazole rings is 1. The number of rotatable bonds is 6. The minimum absolute atomic E-state index is 0.272. The minimum Gasteiger partial charge on any atom is -0.497 e. The van der Waals surface area contributed by atoms with E-state index in [9.17, 15) is 9.18 Å². The summed E-state index contributed by atoms with van der Waals surface area (Å²) in [5.41, 5.74) is 1.68. The maximum Gasteiger partial charge on any atom is 0.252 e. The minimum atomic E-state index is -0.584. The molecule has 7 heteroatoms. The van der Waals surface area contributed by atoms with Crippen molar-refractivity contribution in [3.63, 3.8) is 0 Å². The molecule has 0 radical (unpaired) electrons. The molecular formula is C21H22FN3O3. The zero-order valence-electron chi connectivity index (χ0n) is 16.2. The first kappa shape index (κ1) is 19.4. The first-order valence-corrected chi connectivity index (χ1v) is 8.70. The second-order valence-corrected chi connectivity index (χ2v) is 6.41. The van der Waals surface area contributed by atoms with Crippen molar-refractivity contribution in [1.82, 2.24) is 14.9 Å². The van der Waals surface area contributed by atoms with Gasteiger partial charge in [-0.05, 0) is 42.3 Å². The molecule has 1 heterocycles. The quantitative estimate of drug-likeness (QED) is 0.709. The third kappa shape index (κ3) is 3.98. The number of hydrogen-bond donors (Lipinski definition) is 1. The van der Waals surface area contributed by atoms with E-state index in [4.69, 9.17) is 9.47 Å². The van der Waals surface area contributed by atoms with Crippen LogP contribution in [-0.2, 0) is 7.05 Å². The highest BCUT2D eigenvalue weighted by atomic mass is 19.1. The fourth-order valence-electron chi connectivity index (χ4n) is 3.00. The van der Waals surface area contributed by atoms with Crippen molar-refractivity contribution in [3.8, 4) is 11.5 Å². The summed E-state index contributed by atoms with van der Waals surface area (Å²) in [5, 5.41) is 2.96. The Morgan fingerprint density at radius 1 is 1.14 bits per heavy atom. The maximum absolute atomic E-state index is 13.7. The summed E-state index contributed by atoms with van der Waals surface area (Å²) in [6.45, 7) is 1.76. The van der Waals surface area contributed by atoms with E-state index in [0.29, 0.717) is 22.9 Å². The Labute approximate surface area is 162 Å².